The lowest BCUT2D eigenvalue weighted by atomic mass is 10.1. The van der Waals surface area contributed by atoms with E-state index in [-0.39, 0.29) is 17.2 Å². The molecule has 18 heavy (non-hydrogen) atoms. The molecule has 0 saturated heterocycles. The molecule has 0 spiro atoms. The first-order valence-corrected chi connectivity index (χ1v) is 5.93. The number of rotatable bonds is 6. The van der Waals surface area contributed by atoms with E-state index in [4.69, 9.17) is 5.11 Å². The van der Waals surface area contributed by atoms with Crippen LogP contribution in [-0.4, -0.2) is 39.6 Å². The van der Waals surface area contributed by atoms with Gasteiger partial charge in [0.1, 0.15) is 0 Å². The van der Waals surface area contributed by atoms with E-state index in [1.807, 2.05) is 11.8 Å². The maximum absolute atomic E-state index is 11.0. The van der Waals surface area contributed by atoms with Crippen molar-refractivity contribution in [2.24, 2.45) is 0 Å². The molecule has 0 unspecified atom stereocenters. The number of pyridine rings is 1. The second kappa shape index (κ2) is 6.42. The highest BCUT2D eigenvalue weighted by Crippen LogP contribution is 2.24. The predicted molar refractivity (Wildman–Crippen MR) is 68.4 cm³/mol. The fourth-order valence-corrected chi connectivity index (χ4v) is 1.91. The molecular formula is C12H19N3O3. The van der Waals surface area contributed by atoms with Gasteiger partial charge in [-0.1, -0.05) is 6.92 Å². The van der Waals surface area contributed by atoms with Gasteiger partial charge in [-0.2, -0.15) is 0 Å². The van der Waals surface area contributed by atoms with Crippen molar-refractivity contribution in [2.75, 3.05) is 19.7 Å². The molecule has 0 bridgehead atoms. The van der Waals surface area contributed by atoms with Crippen molar-refractivity contribution >= 4 is 5.69 Å². The molecule has 1 aromatic rings. The van der Waals surface area contributed by atoms with E-state index in [9.17, 15) is 10.1 Å². The van der Waals surface area contributed by atoms with Crippen LogP contribution in [0.15, 0.2) is 6.20 Å². The van der Waals surface area contributed by atoms with Crippen LogP contribution in [0.4, 0.5) is 5.69 Å². The van der Waals surface area contributed by atoms with Gasteiger partial charge in [-0.25, -0.2) is 0 Å². The molecule has 0 aromatic carbocycles. The van der Waals surface area contributed by atoms with Crippen molar-refractivity contribution in [1.29, 1.82) is 0 Å². The zero-order chi connectivity index (χ0) is 13.7. The van der Waals surface area contributed by atoms with Crippen molar-refractivity contribution < 1.29 is 10.0 Å². The van der Waals surface area contributed by atoms with E-state index in [1.54, 1.807) is 13.8 Å². The molecule has 0 saturated carbocycles. The monoisotopic (exact) mass is 253 g/mol. The maximum Gasteiger partial charge on any atom is 0.278 e. The molecule has 0 atom stereocenters. The van der Waals surface area contributed by atoms with E-state index >= 15 is 0 Å². The molecule has 6 nitrogen and oxygen atoms in total. The van der Waals surface area contributed by atoms with E-state index < -0.39 is 0 Å². The third kappa shape index (κ3) is 3.24. The minimum absolute atomic E-state index is 0.0703. The molecule has 6 heteroatoms. The van der Waals surface area contributed by atoms with Crippen molar-refractivity contribution in [3.63, 3.8) is 0 Å². The van der Waals surface area contributed by atoms with Gasteiger partial charge in [-0.05, 0) is 20.4 Å². The van der Waals surface area contributed by atoms with Gasteiger partial charge in [0, 0.05) is 30.4 Å². The van der Waals surface area contributed by atoms with Gasteiger partial charge < -0.3 is 5.11 Å². The minimum atomic E-state index is -0.363. The number of aryl methyl sites for hydroxylation is 1. The van der Waals surface area contributed by atoms with E-state index in [0.29, 0.717) is 29.9 Å². The van der Waals surface area contributed by atoms with Gasteiger partial charge in [0.2, 0.25) is 0 Å². The zero-order valence-electron chi connectivity index (χ0n) is 11.0. The normalized spacial score (nSPS) is 10.9. The van der Waals surface area contributed by atoms with E-state index in [1.165, 1.54) is 6.20 Å². The van der Waals surface area contributed by atoms with Gasteiger partial charge in [0.05, 0.1) is 17.2 Å². The Morgan fingerprint density at radius 1 is 1.50 bits per heavy atom. The van der Waals surface area contributed by atoms with Gasteiger partial charge in [0.25, 0.3) is 5.69 Å². The first kappa shape index (κ1) is 14.5. The van der Waals surface area contributed by atoms with Crippen LogP contribution in [0.3, 0.4) is 0 Å². The number of aliphatic hydroxyl groups is 1. The molecule has 0 aliphatic carbocycles. The number of nitro groups is 1. The summed E-state index contributed by atoms with van der Waals surface area (Å²) in [6.45, 7) is 7.29. The number of likely N-dealkylation sites (N-methyl/N-ethyl adjacent to an activating group) is 1. The SMILES string of the molecule is CCN(CCO)Cc1ncc(C)c([N+](=O)[O-])c1C. The van der Waals surface area contributed by atoms with Crippen LogP contribution in [0.1, 0.15) is 23.7 Å². The van der Waals surface area contributed by atoms with Gasteiger partial charge in [0.15, 0.2) is 0 Å². The molecule has 0 amide bonds. The Balaban J connectivity index is 3.03. The number of aliphatic hydroxyl groups excluding tert-OH is 1. The molecule has 0 radical (unpaired) electrons. The summed E-state index contributed by atoms with van der Waals surface area (Å²) in [6, 6.07) is 0. The van der Waals surface area contributed by atoms with Crippen LogP contribution in [0.2, 0.25) is 0 Å². The fourth-order valence-electron chi connectivity index (χ4n) is 1.91. The fraction of sp³-hybridized carbons (Fsp3) is 0.583. The highest BCUT2D eigenvalue weighted by atomic mass is 16.6. The summed E-state index contributed by atoms with van der Waals surface area (Å²) in [5.41, 5.74) is 2.02. The molecule has 1 rings (SSSR count). The van der Waals surface area contributed by atoms with Crippen molar-refractivity contribution in [2.45, 2.75) is 27.3 Å². The lowest BCUT2D eigenvalue weighted by Gasteiger charge is -2.19. The zero-order valence-corrected chi connectivity index (χ0v) is 11.0. The van der Waals surface area contributed by atoms with E-state index in [2.05, 4.69) is 4.98 Å². The molecular weight excluding hydrogens is 234 g/mol. The Labute approximate surface area is 106 Å². The predicted octanol–water partition coefficient (Wildman–Crippen LogP) is 1.42. The van der Waals surface area contributed by atoms with Gasteiger partial charge in [-0.3, -0.25) is 20.0 Å². The molecule has 0 aliphatic heterocycles. The molecule has 1 N–H and O–H groups in total. The standard InChI is InChI=1S/C12H19N3O3/c1-4-14(5-6-16)8-11-10(3)12(15(17)18)9(2)7-13-11/h7,16H,4-6,8H2,1-3H3. The maximum atomic E-state index is 11.0. The average Bonchev–Trinajstić information content (AvgIpc) is 2.31. The third-order valence-electron chi connectivity index (χ3n) is 3.00. The average molecular weight is 253 g/mol. The van der Waals surface area contributed by atoms with Crippen LogP contribution >= 0.6 is 0 Å². The summed E-state index contributed by atoms with van der Waals surface area (Å²) in [5.74, 6) is 0. The van der Waals surface area contributed by atoms with Crippen molar-refractivity contribution in [3.8, 4) is 0 Å². The second-order valence-corrected chi connectivity index (χ2v) is 4.21. The first-order valence-electron chi connectivity index (χ1n) is 5.93. The van der Waals surface area contributed by atoms with Crippen molar-refractivity contribution in [1.82, 2.24) is 9.88 Å². The van der Waals surface area contributed by atoms with E-state index in [0.717, 1.165) is 6.54 Å². The lowest BCUT2D eigenvalue weighted by Crippen LogP contribution is -2.27. The molecule has 100 valence electrons. The van der Waals surface area contributed by atoms with Crippen LogP contribution in [-0.2, 0) is 6.54 Å². The summed E-state index contributed by atoms with van der Waals surface area (Å²) in [7, 11) is 0. The Morgan fingerprint density at radius 3 is 2.67 bits per heavy atom. The van der Waals surface area contributed by atoms with Crippen molar-refractivity contribution in [3.05, 3.63) is 33.1 Å². The summed E-state index contributed by atoms with van der Waals surface area (Å²) in [5, 5.41) is 19.9. The second-order valence-electron chi connectivity index (χ2n) is 4.21. The number of nitrogens with zero attached hydrogens (tertiary/aromatic N) is 3. The quantitative estimate of drug-likeness (QED) is 0.612. The van der Waals surface area contributed by atoms with Gasteiger partial charge in [-0.15, -0.1) is 0 Å². The Kier molecular flexibility index (Phi) is 5.18. The molecule has 1 aromatic heterocycles. The number of hydrogen-bond acceptors (Lipinski definition) is 5. The highest BCUT2D eigenvalue weighted by molar-refractivity contribution is 5.47. The third-order valence-corrected chi connectivity index (χ3v) is 3.00. The van der Waals surface area contributed by atoms with Crippen LogP contribution in [0.25, 0.3) is 0 Å². The Morgan fingerprint density at radius 2 is 2.17 bits per heavy atom. The smallest absolute Gasteiger partial charge is 0.278 e. The summed E-state index contributed by atoms with van der Waals surface area (Å²) < 4.78 is 0. The Hall–Kier alpha value is -1.53. The lowest BCUT2D eigenvalue weighted by molar-refractivity contribution is -0.386. The number of hydrogen-bond donors (Lipinski definition) is 1. The summed E-state index contributed by atoms with van der Waals surface area (Å²) >= 11 is 0. The molecule has 1 heterocycles. The topological polar surface area (TPSA) is 79.5 Å². The summed E-state index contributed by atoms with van der Waals surface area (Å²) in [6.07, 6.45) is 1.53. The van der Waals surface area contributed by atoms with Gasteiger partial charge >= 0.3 is 0 Å². The van der Waals surface area contributed by atoms with Crippen LogP contribution in [0.5, 0.6) is 0 Å². The first-order chi connectivity index (χ1) is 8.51. The van der Waals surface area contributed by atoms with Crippen LogP contribution < -0.4 is 0 Å². The molecule has 0 fully saturated rings. The number of aromatic nitrogens is 1. The molecule has 0 aliphatic rings. The summed E-state index contributed by atoms with van der Waals surface area (Å²) in [4.78, 5) is 16.9. The largest absolute Gasteiger partial charge is 0.395 e. The minimum Gasteiger partial charge on any atom is -0.395 e. The Bertz CT molecular complexity index is 435. The van der Waals surface area contributed by atoms with Crippen LogP contribution in [0, 0.1) is 24.0 Å². The highest BCUT2D eigenvalue weighted by Gasteiger charge is 2.19.